The maximum absolute atomic E-state index is 14.2. The minimum Gasteiger partial charge on any atom is -0.492 e. The van der Waals surface area contributed by atoms with Crippen molar-refractivity contribution in [2.45, 2.75) is 83.0 Å². The highest BCUT2D eigenvalue weighted by molar-refractivity contribution is 5.71. The zero-order valence-corrected chi connectivity index (χ0v) is 15.4. The average Bonchev–Trinajstić information content (AvgIpc) is 3.18. The molecule has 1 saturated heterocycles. The van der Waals surface area contributed by atoms with Crippen LogP contribution >= 0.6 is 0 Å². The molecule has 0 aromatic carbocycles. The smallest absolute Gasteiger partial charge is 0.332 e. The van der Waals surface area contributed by atoms with E-state index in [2.05, 4.69) is 13.0 Å². The van der Waals surface area contributed by atoms with Crippen LogP contribution in [0, 0.1) is 11.8 Å². The number of hydrogen-bond acceptors (Lipinski definition) is 4. The van der Waals surface area contributed by atoms with Gasteiger partial charge in [-0.1, -0.05) is 38.3 Å². The van der Waals surface area contributed by atoms with Crippen LogP contribution in [0.2, 0.25) is 0 Å². The summed E-state index contributed by atoms with van der Waals surface area (Å²) in [5.74, 6) is -1.01. The molecule has 2 aliphatic rings. The number of carbonyl (C=O) groups is 1. The van der Waals surface area contributed by atoms with Crippen molar-refractivity contribution < 1.29 is 29.2 Å². The number of aliphatic hydroxyl groups excluding tert-OH is 2. The Labute approximate surface area is 154 Å². The van der Waals surface area contributed by atoms with E-state index in [4.69, 9.17) is 9.84 Å². The molecule has 0 radical (unpaired) electrons. The molecule has 1 saturated carbocycles. The van der Waals surface area contributed by atoms with Gasteiger partial charge in [0.15, 0.2) is 6.10 Å². The van der Waals surface area contributed by atoms with Crippen molar-refractivity contribution in [3.63, 3.8) is 0 Å². The van der Waals surface area contributed by atoms with Gasteiger partial charge in [-0.2, -0.15) is 0 Å². The Balaban J connectivity index is 1.85. The average molecular weight is 370 g/mol. The van der Waals surface area contributed by atoms with Crippen molar-refractivity contribution >= 4 is 5.97 Å². The number of unbranched alkanes of at least 4 members (excludes halogenated alkanes) is 2. The minimum absolute atomic E-state index is 0.00738. The minimum atomic E-state index is -1.55. The zero-order chi connectivity index (χ0) is 19.1. The molecule has 26 heavy (non-hydrogen) atoms. The molecule has 2 fully saturated rings. The lowest BCUT2D eigenvalue weighted by molar-refractivity contribution is -0.146. The summed E-state index contributed by atoms with van der Waals surface area (Å²) < 4.78 is 20.0. The first kappa shape index (κ1) is 20.9. The van der Waals surface area contributed by atoms with Crippen LogP contribution in [-0.2, 0) is 9.53 Å². The van der Waals surface area contributed by atoms with E-state index in [-0.39, 0.29) is 30.8 Å². The molecule has 1 aliphatic carbocycles. The number of aliphatic carboxylic acids is 1. The van der Waals surface area contributed by atoms with Gasteiger partial charge in [0.1, 0.15) is 17.7 Å². The van der Waals surface area contributed by atoms with Gasteiger partial charge in [-0.3, -0.25) is 0 Å². The van der Waals surface area contributed by atoms with Crippen LogP contribution in [0.15, 0.2) is 23.7 Å². The Hall–Kier alpha value is -1.40. The second-order valence-electron chi connectivity index (χ2n) is 7.43. The van der Waals surface area contributed by atoms with Crippen LogP contribution in [0.5, 0.6) is 0 Å². The molecule has 1 unspecified atom stereocenters. The number of allylic oxidation sites excluding steroid dienone is 3. The summed E-state index contributed by atoms with van der Waals surface area (Å²) in [6.45, 7) is 2.13. The summed E-state index contributed by atoms with van der Waals surface area (Å²) in [4.78, 5) is 10.6. The number of aliphatic hydroxyl groups is 2. The first-order chi connectivity index (χ1) is 12.4. The quantitative estimate of drug-likeness (QED) is 0.403. The number of rotatable bonds is 10. The second-order valence-corrected chi connectivity index (χ2v) is 7.43. The van der Waals surface area contributed by atoms with E-state index in [0.717, 1.165) is 38.5 Å². The molecule has 3 N–H and O–H groups in total. The summed E-state index contributed by atoms with van der Waals surface area (Å²) in [5, 5.41) is 27.9. The van der Waals surface area contributed by atoms with Crippen LogP contribution in [0.3, 0.4) is 0 Å². The maximum Gasteiger partial charge on any atom is 0.332 e. The number of carboxylic acids is 1. The van der Waals surface area contributed by atoms with Gasteiger partial charge < -0.3 is 20.1 Å². The van der Waals surface area contributed by atoms with Crippen molar-refractivity contribution in [2.24, 2.45) is 11.8 Å². The molecular weight excluding hydrogens is 339 g/mol. The van der Waals surface area contributed by atoms with Crippen LogP contribution in [-0.4, -0.2) is 39.6 Å². The van der Waals surface area contributed by atoms with E-state index < -0.39 is 24.0 Å². The molecule has 0 aromatic rings. The fourth-order valence-corrected chi connectivity index (χ4v) is 3.85. The van der Waals surface area contributed by atoms with E-state index in [0.29, 0.717) is 12.2 Å². The lowest BCUT2D eigenvalue weighted by Crippen LogP contribution is -2.19. The van der Waals surface area contributed by atoms with Gasteiger partial charge in [0.25, 0.3) is 0 Å². The zero-order valence-electron chi connectivity index (χ0n) is 15.4. The number of fused-ring (bicyclic) bond motifs is 1. The lowest BCUT2D eigenvalue weighted by atomic mass is 9.91. The van der Waals surface area contributed by atoms with Gasteiger partial charge in [-0.15, -0.1) is 0 Å². The van der Waals surface area contributed by atoms with Gasteiger partial charge in [0.05, 0.1) is 6.10 Å². The molecule has 1 aliphatic heterocycles. The molecular formula is C20H31FO5. The molecule has 5 nitrogen and oxygen atoms in total. The normalized spacial score (nSPS) is 29.5. The van der Waals surface area contributed by atoms with E-state index in [1.54, 1.807) is 0 Å². The third-order valence-electron chi connectivity index (χ3n) is 5.44. The number of hydrogen-bond donors (Lipinski definition) is 3. The van der Waals surface area contributed by atoms with Crippen molar-refractivity contribution in [3.05, 3.63) is 23.7 Å². The predicted molar refractivity (Wildman–Crippen MR) is 96.0 cm³/mol. The van der Waals surface area contributed by atoms with E-state index in [9.17, 15) is 19.4 Å². The highest BCUT2D eigenvalue weighted by atomic mass is 19.1. The van der Waals surface area contributed by atoms with E-state index in [1.165, 1.54) is 0 Å². The summed E-state index contributed by atoms with van der Waals surface area (Å²) in [7, 11) is 0. The Bertz CT molecular complexity index is 530. The fraction of sp³-hybridized carbons (Fsp3) is 0.750. The molecule has 0 bridgehead atoms. The maximum atomic E-state index is 14.2. The lowest BCUT2D eigenvalue weighted by Gasteiger charge is -2.13. The highest BCUT2D eigenvalue weighted by Gasteiger charge is 2.43. The fourth-order valence-electron chi connectivity index (χ4n) is 3.85. The molecule has 148 valence electrons. The summed E-state index contributed by atoms with van der Waals surface area (Å²) in [6.07, 6.45) is 8.03. The molecule has 6 heteroatoms. The standard InChI is InChI=1S/C20H31FO5/c1-2-3-4-5-14(22)8-6-13-7-11-18-15(13)12-19(26-18)16(21)9-10-17(23)20(24)25/h6,8,13-15,17-18,22-23H,2-5,7,9-12H2,1H3,(H,24,25)/t13-,14-,15+,17?,18-/m0/s1. The van der Waals surface area contributed by atoms with Crippen LogP contribution < -0.4 is 0 Å². The van der Waals surface area contributed by atoms with E-state index >= 15 is 0 Å². The Morgan fingerprint density at radius 2 is 2.08 bits per heavy atom. The summed E-state index contributed by atoms with van der Waals surface area (Å²) in [6, 6.07) is 0. The Kier molecular flexibility index (Phi) is 8.10. The SMILES string of the molecule is CCCCC[C@H](O)C=C[C@H]1CC[C@@H]2OC(=C(F)CCC(O)C(=O)O)C[C@@H]21. The largest absolute Gasteiger partial charge is 0.492 e. The van der Waals surface area contributed by atoms with Crippen LogP contribution in [0.1, 0.15) is 64.7 Å². The van der Waals surface area contributed by atoms with Gasteiger partial charge in [0.2, 0.25) is 0 Å². The van der Waals surface area contributed by atoms with Gasteiger partial charge in [-0.25, -0.2) is 9.18 Å². The van der Waals surface area contributed by atoms with Crippen molar-refractivity contribution in [1.29, 1.82) is 0 Å². The van der Waals surface area contributed by atoms with Gasteiger partial charge in [0, 0.05) is 18.8 Å². The Morgan fingerprint density at radius 1 is 1.31 bits per heavy atom. The number of halogens is 1. The summed E-state index contributed by atoms with van der Waals surface area (Å²) >= 11 is 0. The third kappa shape index (κ3) is 5.81. The molecule has 0 amide bonds. The molecule has 0 aromatic heterocycles. The first-order valence-corrected chi connectivity index (χ1v) is 9.73. The first-order valence-electron chi connectivity index (χ1n) is 9.73. The van der Waals surface area contributed by atoms with Crippen LogP contribution in [0.4, 0.5) is 4.39 Å². The number of ether oxygens (including phenoxy) is 1. The monoisotopic (exact) mass is 370 g/mol. The van der Waals surface area contributed by atoms with Crippen molar-refractivity contribution in [2.75, 3.05) is 0 Å². The third-order valence-corrected chi connectivity index (χ3v) is 5.44. The molecule has 5 atom stereocenters. The molecule has 0 spiro atoms. The molecule has 1 heterocycles. The van der Waals surface area contributed by atoms with Gasteiger partial charge >= 0.3 is 5.97 Å². The summed E-state index contributed by atoms with van der Waals surface area (Å²) in [5.41, 5.74) is 0. The topological polar surface area (TPSA) is 87.0 Å². The second kappa shape index (κ2) is 10.1. The Morgan fingerprint density at radius 3 is 2.77 bits per heavy atom. The van der Waals surface area contributed by atoms with Crippen LogP contribution in [0.25, 0.3) is 0 Å². The van der Waals surface area contributed by atoms with E-state index in [1.807, 2.05) is 6.08 Å². The highest BCUT2D eigenvalue weighted by Crippen LogP contribution is 2.46. The van der Waals surface area contributed by atoms with Crippen molar-refractivity contribution in [1.82, 2.24) is 0 Å². The number of carboxylic acid groups (broad SMARTS) is 1. The van der Waals surface area contributed by atoms with Crippen molar-refractivity contribution in [3.8, 4) is 0 Å². The van der Waals surface area contributed by atoms with Gasteiger partial charge in [-0.05, 0) is 31.6 Å². The predicted octanol–water partition coefficient (Wildman–Crippen LogP) is 3.71. The molecule has 2 rings (SSSR count).